The van der Waals surface area contributed by atoms with Crippen LogP contribution < -0.4 is 18.9 Å². The predicted molar refractivity (Wildman–Crippen MR) is 229 cm³/mol. The summed E-state index contributed by atoms with van der Waals surface area (Å²) in [4.78, 5) is 34.2. The fraction of sp³-hybridized carbons (Fsp3) is 0.479. The summed E-state index contributed by atoms with van der Waals surface area (Å²) in [5, 5.41) is 24.5. The van der Waals surface area contributed by atoms with Gasteiger partial charge in [-0.15, -0.1) is 6.58 Å². The van der Waals surface area contributed by atoms with Crippen LogP contribution in [0.25, 0.3) is 0 Å². The van der Waals surface area contributed by atoms with E-state index >= 15 is 0 Å². The zero-order valence-electron chi connectivity index (χ0n) is 35.3. The van der Waals surface area contributed by atoms with Crippen molar-refractivity contribution in [2.45, 2.75) is 82.5 Å². The molecule has 3 aliphatic rings. The van der Waals surface area contributed by atoms with Crippen LogP contribution in [0, 0.1) is 17.8 Å². The number of aliphatic hydroxyl groups excluding tert-OH is 2. The molecule has 6 rings (SSSR count). The van der Waals surface area contributed by atoms with Gasteiger partial charge in [0, 0.05) is 37.7 Å². The second kappa shape index (κ2) is 20.9. The highest BCUT2D eigenvalue weighted by molar-refractivity contribution is 6.03. The number of nitrogens with zero attached hydrogens (tertiary/aromatic N) is 2. The van der Waals surface area contributed by atoms with Gasteiger partial charge in [-0.1, -0.05) is 49.2 Å². The highest BCUT2D eigenvalue weighted by atomic mass is 16.7. The average molecular weight is 825 g/mol. The molecule has 6 atom stereocenters. The number of ether oxygens (including phenoxy) is 5. The largest absolute Gasteiger partial charge is 0.497 e. The maximum Gasteiger partial charge on any atom is 0.239 e. The molecule has 0 bridgehead atoms. The van der Waals surface area contributed by atoms with Crippen LogP contribution in [0.15, 0.2) is 90.1 Å². The van der Waals surface area contributed by atoms with Crippen LogP contribution >= 0.6 is 0 Å². The first-order chi connectivity index (χ1) is 29.3. The Labute approximate surface area is 353 Å². The number of hydrogen-bond acceptors (Lipinski definition) is 11. The van der Waals surface area contributed by atoms with Crippen molar-refractivity contribution >= 4 is 17.9 Å². The predicted octanol–water partition coefficient (Wildman–Crippen LogP) is 8.05. The quantitative estimate of drug-likeness (QED) is 0.0442. The number of rotatable bonds is 22. The normalized spacial score (nSPS) is 23.3. The van der Waals surface area contributed by atoms with Crippen LogP contribution in [-0.2, 0) is 20.8 Å². The van der Waals surface area contributed by atoms with E-state index in [-0.39, 0.29) is 49.9 Å². The first-order valence-corrected chi connectivity index (χ1v) is 21.1. The molecule has 0 saturated heterocycles. The zero-order valence-corrected chi connectivity index (χ0v) is 35.3. The summed E-state index contributed by atoms with van der Waals surface area (Å²) >= 11 is 0. The monoisotopic (exact) mass is 824 g/mol. The second-order valence-electron chi connectivity index (χ2n) is 15.7. The van der Waals surface area contributed by atoms with Gasteiger partial charge in [0.15, 0.2) is 6.29 Å². The lowest BCUT2D eigenvalue weighted by Gasteiger charge is -2.60. The number of benzene rings is 3. The van der Waals surface area contributed by atoms with E-state index < -0.39 is 17.7 Å². The number of aldehydes is 1. The number of allylic oxidation sites excluding steroid dienone is 1. The number of unbranched alkanes of at least 4 members (excludes halogenated alkanes) is 2. The lowest BCUT2D eigenvalue weighted by Crippen LogP contribution is -2.70. The van der Waals surface area contributed by atoms with Crippen molar-refractivity contribution in [3.05, 3.63) is 102 Å². The highest BCUT2D eigenvalue weighted by Gasteiger charge is 2.65. The first-order valence-electron chi connectivity index (χ1n) is 21.1. The molecule has 0 aromatic heterocycles. The number of carbonyl (C=O) groups excluding carboxylic acids is 2. The Hall–Kier alpha value is -5.17. The third-order valence-electron chi connectivity index (χ3n) is 12.1. The Kier molecular flexibility index (Phi) is 15.4. The molecule has 0 radical (unpaired) electrons. The molecule has 1 heterocycles. The number of amides is 1. The summed E-state index contributed by atoms with van der Waals surface area (Å²) in [6, 6.07) is 17.8. The van der Waals surface area contributed by atoms with Crippen LogP contribution in [0.2, 0.25) is 0 Å². The van der Waals surface area contributed by atoms with Crippen LogP contribution in [0.5, 0.6) is 28.7 Å². The molecule has 12 heteroatoms. The van der Waals surface area contributed by atoms with Gasteiger partial charge in [-0.3, -0.25) is 9.59 Å². The number of carbonyl (C=O) groups is 2. The Morgan fingerprint density at radius 3 is 2.43 bits per heavy atom. The minimum absolute atomic E-state index is 0.0471. The molecule has 1 fully saturated rings. The van der Waals surface area contributed by atoms with Gasteiger partial charge in [-0.05, 0) is 104 Å². The maximum absolute atomic E-state index is 14.8. The molecule has 0 spiro atoms. The number of oxime groups is 1. The van der Waals surface area contributed by atoms with E-state index in [1.165, 1.54) is 7.11 Å². The van der Waals surface area contributed by atoms with Gasteiger partial charge in [-0.2, -0.15) is 0 Å². The molecule has 0 unspecified atom stereocenters. The van der Waals surface area contributed by atoms with Crippen LogP contribution in [0.3, 0.4) is 0 Å². The topological polar surface area (TPSA) is 146 Å². The second-order valence-corrected chi connectivity index (χ2v) is 15.7. The van der Waals surface area contributed by atoms with Gasteiger partial charge in [0.05, 0.1) is 44.4 Å². The van der Waals surface area contributed by atoms with E-state index in [0.29, 0.717) is 66.5 Å². The summed E-state index contributed by atoms with van der Waals surface area (Å²) in [7, 11) is 4.67. The lowest BCUT2D eigenvalue weighted by molar-refractivity contribution is -0.257. The molecule has 1 amide bonds. The molecule has 1 saturated carbocycles. The summed E-state index contributed by atoms with van der Waals surface area (Å²) in [5.74, 6) is 0.776. The SMILES string of the molecule is C=CCO[C@@]12Oc3ccc(Oc4ccc(OC)c(C=O)c4)cc3[C@H]3[C@H](CCCCO)[C@@H](CCCCO)C=C(C(=NOC)C[C@@H]1N(CCC)C(=O)Cc1cccc(OC)c1)[C@H]32. The maximum atomic E-state index is 14.8. The van der Waals surface area contributed by atoms with E-state index in [1.807, 2.05) is 47.4 Å². The first kappa shape index (κ1) is 44.4. The van der Waals surface area contributed by atoms with Crippen LogP contribution in [-0.4, -0.2) is 92.5 Å². The molecule has 3 aromatic carbocycles. The van der Waals surface area contributed by atoms with Crippen molar-refractivity contribution in [1.29, 1.82) is 0 Å². The molecule has 12 nitrogen and oxygen atoms in total. The number of hydrogen-bond donors (Lipinski definition) is 2. The van der Waals surface area contributed by atoms with Gasteiger partial charge in [0.25, 0.3) is 0 Å². The summed E-state index contributed by atoms with van der Waals surface area (Å²) in [6.45, 7) is 6.87. The fourth-order valence-corrected chi connectivity index (χ4v) is 9.58. The summed E-state index contributed by atoms with van der Waals surface area (Å²) in [5.41, 5.74) is 3.80. The van der Waals surface area contributed by atoms with Crippen LogP contribution in [0.1, 0.15) is 85.7 Å². The van der Waals surface area contributed by atoms with E-state index in [9.17, 15) is 19.8 Å². The standard InChI is InChI=1S/C48H60N2O10/c1-6-21-50(45(54)26-32-13-12-15-35(25-32)55-3)44-30-41(49-57-5)39-28-33(14-8-10-22-51)38(16-9-11-23-52)46-40-29-37(59-36-17-19-42(56-4)34(27-36)31-53)18-20-43(40)60-48(44,47(39)46)58-24-7-2/h7,12-13,15,17-20,25,27-29,31,33,38,44,46-47,51-52H,2,6,8-11,14,16,21-24,26,30H2,1,3-5H3/t33-,38+,44-,46+,47+,48+/m0/s1. The molecule has 60 heavy (non-hydrogen) atoms. The van der Waals surface area contributed by atoms with Gasteiger partial charge in [0.2, 0.25) is 11.7 Å². The fourth-order valence-electron chi connectivity index (χ4n) is 9.58. The number of aliphatic hydroxyl groups is 2. The smallest absolute Gasteiger partial charge is 0.239 e. The summed E-state index contributed by atoms with van der Waals surface area (Å²) < 4.78 is 31.7. The third-order valence-corrected chi connectivity index (χ3v) is 12.1. The minimum atomic E-state index is -1.37. The van der Waals surface area contributed by atoms with E-state index in [1.54, 1.807) is 38.5 Å². The van der Waals surface area contributed by atoms with E-state index in [2.05, 4.69) is 24.7 Å². The number of fused-ring (bicyclic) bond motifs is 2. The Morgan fingerprint density at radius 1 is 0.967 bits per heavy atom. The van der Waals surface area contributed by atoms with E-state index in [4.69, 9.17) is 28.5 Å². The Bertz CT molecular complexity index is 2010. The van der Waals surface area contributed by atoms with Crippen LogP contribution in [0.4, 0.5) is 0 Å². The Balaban J connectivity index is 1.55. The van der Waals surface area contributed by atoms with Crippen molar-refractivity contribution in [3.8, 4) is 28.7 Å². The van der Waals surface area contributed by atoms with Crippen molar-refractivity contribution in [3.63, 3.8) is 0 Å². The van der Waals surface area contributed by atoms with Gasteiger partial charge >= 0.3 is 0 Å². The lowest BCUT2D eigenvalue weighted by atomic mass is 9.55. The van der Waals surface area contributed by atoms with E-state index in [0.717, 1.165) is 54.4 Å². The molecule has 2 N–H and O–H groups in total. The zero-order chi connectivity index (χ0) is 42.6. The molecule has 322 valence electrons. The third kappa shape index (κ3) is 9.41. The van der Waals surface area contributed by atoms with Crippen molar-refractivity contribution in [1.82, 2.24) is 4.90 Å². The highest BCUT2D eigenvalue weighted by Crippen LogP contribution is 2.62. The molecule has 1 aliphatic heterocycles. The van der Waals surface area contributed by atoms with Gasteiger partial charge in [0.1, 0.15) is 41.9 Å². The van der Waals surface area contributed by atoms with Gasteiger partial charge in [-0.25, -0.2) is 0 Å². The molecule has 3 aromatic rings. The number of methoxy groups -OCH3 is 2. The molecular formula is C48H60N2O10. The average Bonchev–Trinajstić information content (AvgIpc) is 3.26. The van der Waals surface area contributed by atoms with Crippen molar-refractivity contribution < 1.29 is 48.3 Å². The molecular weight excluding hydrogens is 765 g/mol. The minimum Gasteiger partial charge on any atom is -0.497 e. The molecule has 2 aliphatic carbocycles. The summed E-state index contributed by atoms with van der Waals surface area (Å²) in [6.07, 6.45) is 10.5. The van der Waals surface area contributed by atoms with Crippen molar-refractivity contribution in [2.75, 3.05) is 47.7 Å². The Morgan fingerprint density at radius 2 is 1.73 bits per heavy atom. The van der Waals surface area contributed by atoms with Gasteiger partial charge < -0.3 is 43.6 Å². The van der Waals surface area contributed by atoms with Crippen molar-refractivity contribution in [2.24, 2.45) is 22.9 Å².